The first kappa shape index (κ1) is 19.5. The largest absolute Gasteiger partial charge is 0.333 e. The summed E-state index contributed by atoms with van der Waals surface area (Å²) in [6.45, 7) is 3.68. The lowest BCUT2D eigenvalue weighted by molar-refractivity contribution is -0.133. The van der Waals surface area contributed by atoms with Crippen LogP contribution in [0.1, 0.15) is 43.4 Å². The second-order valence-electron chi connectivity index (χ2n) is 7.11. The van der Waals surface area contributed by atoms with E-state index in [9.17, 15) is 17.6 Å². The normalized spacial score (nSPS) is 15.4. The SMILES string of the molecule is Cc1ccc(S(=O)(=O)CCC(=O)N(C2CC2)C(C)c2ccccc2F)cc1. The molecule has 0 spiro atoms. The van der Waals surface area contributed by atoms with Crippen molar-refractivity contribution < 1.29 is 17.6 Å². The highest BCUT2D eigenvalue weighted by molar-refractivity contribution is 7.91. The molecule has 2 aromatic carbocycles. The van der Waals surface area contributed by atoms with Gasteiger partial charge < -0.3 is 4.90 Å². The first-order valence-corrected chi connectivity index (χ1v) is 10.8. The molecule has 0 heterocycles. The van der Waals surface area contributed by atoms with Crippen molar-refractivity contribution in [3.63, 3.8) is 0 Å². The molecule has 1 atom stereocenters. The predicted molar refractivity (Wildman–Crippen MR) is 103 cm³/mol. The number of aryl methyl sites for hydroxylation is 1. The van der Waals surface area contributed by atoms with Crippen LogP contribution in [0.2, 0.25) is 0 Å². The van der Waals surface area contributed by atoms with Crippen molar-refractivity contribution >= 4 is 15.7 Å². The number of benzene rings is 2. The maximum atomic E-state index is 14.1. The van der Waals surface area contributed by atoms with Gasteiger partial charge in [-0.25, -0.2) is 12.8 Å². The Morgan fingerprint density at radius 3 is 2.37 bits per heavy atom. The van der Waals surface area contributed by atoms with Gasteiger partial charge in [-0.1, -0.05) is 35.9 Å². The van der Waals surface area contributed by atoms with Crippen molar-refractivity contribution in [1.82, 2.24) is 4.90 Å². The molecule has 27 heavy (non-hydrogen) atoms. The van der Waals surface area contributed by atoms with Crippen LogP contribution in [0.25, 0.3) is 0 Å². The molecule has 0 radical (unpaired) electrons. The third kappa shape index (κ3) is 4.56. The van der Waals surface area contributed by atoms with Crippen molar-refractivity contribution in [3.05, 3.63) is 65.5 Å². The molecule has 0 bridgehead atoms. The maximum Gasteiger partial charge on any atom is 0.224 e. The Balaban J connectivity index is 1.73. The molecule has 1 aliphatic carbocycles. The number of nitrogens with zero attached hydrogens (tertiary/aromatic N) is 1. The van der Waals surface area contributed by atoms with Gasteiger partial charge >= 0.3 is 0 Å². The molecule has 1 amide bonds. The number of halogens is 1. The van der Waals surface area contributed by atoms with E-state index < -0.39 is 15.9 Å². The number of amides is 1. The van der Waals surface area contributed by atoms with Gasteiger partial charge in [-0.2, -0.15) is 0 Å². The van der Waals surface area contributed by atoms with Gasteiger partial charge in [0.25, 0.3) is 0 Å². The molecule has 1 fully saturated rings. The number of carbonyl (C=O) groups excluding carboxylic acids is 1. The number of sulfone groups is 1. The van der Waals surface area contributed by atoms with Gasteiger partial charge in [0.2, 0.25) is 5.91 Å². The molecule has 0 saturated heterocycles. The fraction of sp³-hybridized carbons (Fsp3) is 0.381. The fourth-order valence-electron chi connectivity index (χ4n) is 3.27. The number of rotatable bonds is 7. The van der Waals surface area contributed by atoms with Crippen LogP contribution in [-0.2, 0) is 14.6 Å². The summed E-state index contributed by atoms with van der Waals surface area (Å²) in [5.74, 6) is -0.845. The lowest BCUT2D eigenvalue weighted by Gasteiger charge is -2.30. The molecule has 0 aromatic heterocycles. The summed E-state index contributed by atoms with van der Waals surface area (Å²) in [6, 6.07) is 12.7. The molecule has 1 saturated carbocycles. The van der Waals surface area contributed by atoms with Crippen LogP contribution in [0.4, 0.5) is 4.39 Å². The topological polar surface area (TPSA) is 54.5 Å². The van der Waals surface area contributed by atoms with Crippen molar-refractivity contribution in [1.29, 1.82) is 0 Å². The van der Waals surface area contributed by atoms with E-state index >= 15 is 0 Å². The summed E-state index contributed by atoms with van der Waals surface area (Å²) in [4.78, 5) is 14.7. The quantitative estimate of drug-likeness (QED) is 0.718. The zero-order valence-corrected chi connectivity index (χ0v) is 16.4. The Morgan fingerprint density at radius 2 is 1.78 bits per heavy atom. The second kappa shape index (κ2) is 7.80. The van der Waals surface area contributed by atoms with Crippen LogP contribution in [0, 0.1) is 12.7 Å². The highest BCUT2D eigenvalue weighted by Gasteiger charge is 2.37. The van der Waals surface area contributed by atoms with Gasteiger partial charge in [0.05, 0.1) is 16.7 Å². The van der Waals surface area contributed by atoms with E-state index in [0.29, 0.717) is 5.56 Å². The molecular weight excluding hydrogens is 365 g/mol. The van der Waals surface area contributed by atoms with Crippen LogP contribution in [0.3, 0.4) is 0 Å². The predicted octanol–water partition coefficient (Wildman–Crippen LogP) is 4.05. The van der Waals surface area contributed by atoms with Crippen molar-refractivity contribution in [2.45, 2.75) is 50.1 Å². The lowest BCUT2D eigenvalue weighted by Crippen LogP contribution is -2.36. The molecular formula is C21H24FNO3S. The van der Waals surface area contributed by atoms with E-state index in [0.717, 1.165) is 18.4 Å². The van der Waals surface area contributed by atoms with Gasteiger partial charge in [0.15, 0.2) is 9.84 Å². The van der Waals surface area contributed by atoms with E-state index in [1.807, 2.05) is 6.92 Å². The average molecular weight is 389 g/mol. The summed E-state index contributed by atoms with van der Waals surface area (Å²) < 4.78 is 39.2. The van der Waals surface area contributed by atoms with Crippen LogP contribution < -0.4 is 0 Å². The highest BCUT2D eigenvalue weighted by Crippen LogP contribution is 2.35. The van der Waals surface area contributed by atoms with Crippen LogP contribution in [-0.4, -0.2) is 31.0 Å². The monoisotopic (exact) mass is 389 g/mol. The molecule has 3 rings (SSSR count). The molecule has 144 valence electrons. The van der Waals surface area contributed by atoms with Gasteiger partial charge in [-0.15, -0.1) is 0 Å². The first-order chi connectivity index (χ1) is 12.8. The Bertz CT molecular complexity index is 921. The Labute approximate surface area is 159 Å². The average Bonchev–Trinajstić information content (AvgIpc) is 3.46. The fourth-order valence-corrected chi connectivity index (χ4v) is 4.50. The Morgan fingerprint density at radius 1 is 1.15 bits per heavy atom. The van der Waals surface area contributed by atoms with Crippen LogP contribution >= 0.6 is 0 Å². The second-order valence-corrected chi connectivity index (χ2v) is 9.22. The van der Waals surface area contributed by atoms with E-state index in [1.165, 1.54) is 6.07 Å². The van der Waals surface area contributed by atoms with Gasteiger partial charge in [0.1, 0.15) is 5.82 Å². The standard InChI is InChI=1S/C21H24FNO3S/c1-15-7-11-18(12-8-15)27(25,26)14-13-21(24)23(17-9-10-17)16(2)19-5-3-4-6-20(19)22/h3-8,11-12,16-17H,9-10,13-14H2,1-2H3. The maximum absolute atomic E-state index is 14.1. The third-order valence-electron chi connectivity index (χ3n) is 4.97. The summed E-state index contributed by atoms with van der Waals surface area (Å²) in [6.07, 6.45) is 1.63. The van der Waals surface area contributed by atoms with Crippen molar-refractivity contribution in [3.8, 4) is 0 Å². The molecule has 0 aliphatic heterocycles. The Kier molecular flexibility index (Phi) is 5.65. The summed E-state index contributed by atoms with van der Waals surface area (Å²) in [5.41, 5.74) is 1.43. The summed E-state index contributed by atoms with van der Waals surface area (Å²) in [5, 5.41) is 0. The number of hydrogen-bond acceptors (Lipinski definition) is 3. The number of hydrogen-bond donors (Lipinski definition) is 0. The highest BCUT2D eigenvalue weighted by atomic mass is 32.2. The first-order valence-electron chi connectivity index (χ1n) is 9.14. The summed E-state index contributed by atoms with van der Waals surface area (Å²) >= 11 is 0. The molecule has 2 aromatic rings. The molecule has 4 nitrogen and oxygen atoms in total. The molecule has 1 unspecified atom stereocenters. The van der Waals surface area contributed by atoms with Gasteiger partial charge in [0, 0.05) is 18.0 Å². The minimum atomic E-state index is -3.53. The third-order valence-corrected chi connectivity index (χ3v) is 6.70. The van der Waals surface area contributed by atoms with E-state index in [1.54, 1.807) is 54.3 Å². The Hall–Kier alpha value is -2.21. The van der Waals surface area contributed by atoms with Gasteiger partial charge in [-0.3, -0.25) is 4.79 Å². The molecule has 1 aliphatic rings. The zero-order valence-electron chi connectivity index (χ0n) is 15.6. The van der Waals surface area contributed by atoms with E-state index in [2.05, 4.69) is 0 Å². The minimum Gasteiger partial charge on any atom is -0.333 e. The van der Waals surface area contributed by atoms with Crippen molar-refractivity contribution in [2.24, 2.45) is 0 Å². The number of carbonyl (C=O) groups is 1. The lowest BCUT2D eigenvalue weighted by atomic mass is 10.1. The molecule has 6 heteroatoms. The van der Waals surface area contributed by atoms with E-state index in [4.69, 9.17) is 0 Å². The summed E-state index contributed by atoms with van der Waals surface area (Å²) in [7, 11) is -3.53. The smallest absolute Gasteiger partial charge is 0.224 e. The van der Waals surface area contributed by atoms with Crippen molar-refractivity contribution in [2.75, 3.05) is 5.75 Å². The zero-order chi connectivity index (χ0) is 19.6. The van der Waals surface area contributed by atoms with Crippen LogP contribution in [0.15, 0.2) is 53.4 Å². The van der Waals surface area contributed by atoms with Gasteiger partial charge in [-0.05, 0) is 44.9 Å². The van der Waals surface area contributed by atoms with E-state index in [-0.39, 0.29) is 34.8 Å². The minimum absolute atomic E-state index is 0.0641. The molecule has 0 N–H and O–H groups in total. The van der Waals surface area contributed by atoms with Crippen LogP contribution in [0.5, 0.6) is 0 Å².